The largest absolute Gasteiger partial charge is 0.419 e. The van der Waals surface area contributed by atoms with Crippen molar-refractivity contribution in [3.05, 3.63) is 40.1 Å². The van der Waals surface area contributed by atoms with Crippen molar-refractivity contribution in [1.82, 2.24) is 25.1 Å². The Bertz CT molecular complexity index is 1130. The number of aromatic nitrogens is 4. The van der Waals surface area contributed by atoms with Gasteiger partial charge in [0.2, 0.25) is 5.95 Å². The molecule has 4 atom stereocenters. The fourth-order valence-corrected chi connectivity index (χ4v) is 4.43. The summed E-state index contributed by atoms with van der Waals surface area (Å²) < 4.78 is 44.1. The number of hydrogen-bond acceptors (Lipinski definition) is 9. The number of aliphatic hydroxyl groups is 1. The second kappa shape index (κ2) is 10.4. The minimum atomic E-state index is -4.52. The Labute approximate surface area is 204 Å². The SMILES string of the molecule is Cc1c(N[C@@H](C)CO[C@@H]2CCN([C@H]3CCN(c4ncc(C(F)(F)F)cn4)C[C@@H]3O)C2=O)cn[nH]c1=O. The number of halogens is 3. The lowest BCUT2D eigenvalue weighted by atomic mass is 10.0. The summed E-state index contributed by atoms with van der Waals surface area (Å²) in [7, 11) is 0. The first-order valence-electron chi connectivity index (χ1n) is 11.6. The first-order valence-corrected chi connectivity index (χ1v) is 11.6. The van der Waals surface area contributed by atoms with Crippen molar-refractivity contribution in [3.8, 4) is 0 Å². The van der Waals surface area contributed by atoms with Crippen molar-refractivity contribution >= 4 is 17.5 Å². The number of aromatic amines is 1. The van der Waals surface area contributed by atoms with E-state index in [0.717, 1.165) is 12.4 Å². The Kier molecular flexibility index (Phi) is 7.45. The molecule has 4 heterocycles. The van der Waals surface area contributed by atoms with Crippen molar-refractivity contribution in [2.24, 2.45) is 0 Å². The maximum Gasteiger partial charge on any atom is 0.419 e. The summed E-state index contributed by atoms with van der Waals surface area (Å²) in [5.74, 6) is -0.110. The topological polar surface area (TPSA) is 137 Å². The van der Waals surface area contributed by atoms with Gasteiger partial charge in [-0.1, -0.05) is 0 Å². The molecule has 4 rings (SSSR count). The summed E-state index contributed by atoms with van der Waals surface area (Å²) >= 11 is 0. The molecule has 2 saturated heterocycles. The van der Waals surface area contributed by atoms with Crippen LogP contribution in [0.15, 0.2) is 23.4 Å². The number of aliphatic hydroxyl groups excluding tert-OH is 1. The van der Waals surface area contributed by atoms with Gasteiger partial charge < -0.3 is 25.0 Å². The van der Waals surface area contributed by atoms with Crippen molar-refractivity contribution in [2.45, 2.75) is 57.2 Å². The monoisotopic (exact) mass is 511 g/mol. The third-order valence-corrected chi connectivity index (χ3v) is 6.44. The third kappa shape index (κ3) is 5.59. The van der Waals surface area contributed by atoms with Gasteiger partial charge in [-0.05, 0) is 20.3 Å². The van der Waals surface area contributed by atoms with Gasteiger partial charge in [0.1, 0.15) is 6.10 Å². The molecule has 2 aliphatic rings. The van der Waals surface area contributed by atoms with E-state index in [-0.39, 0.29) is 36.6 Å². The number of hydrogen-bond donors (Lipinski definition) is 3. The average molecular weight is 512 g/mol. The van der Waals surface area contributed by atoms with E-state index in [2.05, 4.69) is 25.5 Å². The van der Waals surface area contributed by atoms with E-state index >= 15 is 0 Å². The molecule has 14 heteroatoms. The van der Waals surface area contributed by atoms with Crippen LogP contribution in [0.1, 0.15) is 30.9 Å². The van der Waals surface area contributed by atoms with Crippen LogP contribution >= 0.6 is 0 Å². The van der Waals surface area contributed by atoms with Gasteiger partial charge in [0, 0.05) is 50.1 Å². The van der Waals surface area contributed by atoms with Crippen LogP contribution in [0, 0.1) is 6.92 Å². The fourth-order valence-electron chi connectivity index (χ4n) is 4.43. The molecule has 0 saturated carbocycles. The molecule has 0 aromatic carbocycles. The minimum absolute atomic E-state index is 0.0931. The number of nitrogens with one attached hydrogen (secondary N) is 2. The van der Waals surface area contributed by atoms with Crippen molar-refractivity contribution in [2.75, 3.05) is 36.5 Å². The predicted molar refractivity (Wildman–Crippen MR) is 122 cm³/mol. The van der Waals surface area contributed by atoms with Crippen LogP contribution in [0.25, 0.3) is 0 Å². The van der Waals surface area contributed by atoms with Gasteiger partial charge in [-0.2, -0.15) is 18.3 Å². The zero-order valence-electron chi connectivity index (χ0n) is 19.8. The molecule has 0 unspecified atom stereocenters. The summed E-state index contributed by atoms with van der Waals surface area (Å²) in [6.07, 6.45) is -2.24. The van der Waals surface area contributed by atoms with Crippen LogP contribution in [-0.4, -0.2) is 86.6 Å². The standard InChI is InChI=1S/C22H28F3N7O4/c1-12(29-15-9-28-30-19(34)13(15)2)11-36-18-4-6-32(20(18)35)16-3-5-31(10-17(16)33)21-26-7-14(8-27-21)22(23,24)25/h7-9,12,16-18,33H,3-6,10-11H2,1-2H3,(H2,29,30,34)/t12-,16-,17-,18+/m0/s1. The van der Waals surface area contributed by atoms with E-state index < -0.39 is 30.0 Å². The molecule has 3 N–H and O–H groups in total. The van der Waals surface area contributed by atoms with Crippen molar-refractivity contribution in [3.63, 3.8) is 0 Å². The van der Waals surface area contributed by atoms with E-state index in [1.54, 1.807) is 16.7 Å². The van der Waals surface area contributed by atoms with Gasteiger partial charge in [0.05, 0.1) is 36.2 Å². The molecule has 0 radical (unpaired) electrons. The molecular formula is C22H28F3N7O4. The van der Waals surface area contributed by atoms with E-state index in [9.17, 15) is 27.9 Å². The second-order valence-electron chi connectivity index (χ2n) is 9.06. The molecule has 36 heavy (non-hydrogen) atoms. The first kappa shape index (κ1) is 25.8. The molecule has 0 bridgehead atoms. The Morgan fingerprint density at radius 1 is 1.22 bits per heavy atom. The molecule has 11 nitrogen and oxygen atoms in total. The summed E-state index contributed by atoms with van der Waals surface area (Å²) in [5, 5.41) is 20.0. The molecule has 0 spiro atoms. The lowest BCUT2D eigenvalue weighted by Crippen LogP contribution is -2.55. The van der Waals surface area contributed by atoms with Gasteiger partial charge in [0.15, 0.2) is 0 Å². The summed E-state index contributed by atoms with van der Waals surface area (Å²) in [5.41, 5.74) is -0.142. The highest BCUT2D eigenvalue weighted by Crippen LogP contribution is 2.29. The quantitative estimate of drug-likeness (QED) is 0.496. The maximum absolute atomic E-state index is 13.0. The molecule has 2 aromatic heterocycles. The van der Waals surface area contributed by atoms with Crippen LogP contribution in [0.2, 0.25) is 0 Å². The van der Waals surface area contributed by atoms with E-state index in [4.69, 9.17) is 4.74 Å². The number of likely N-dealkylation sites (tertiary alicyclic amines) is 1. The number of alkyl halides is 3. The molecule has 1 amide bonds. The Balaban J connectivity index is 1.28. The number of nitrogens with zero attached hydrogens (tertiary/aromatic N) is 5. The van der Waals surface area contributed by atoms with Crippen LogP contribution in [0.5, 0.6) is 0 Å². The lowest BCUT2D eigenvalue weighted by molar-refractivity contribution is -0.141. The zero-order valence-corrected chi connectivity index (χ0v) is 19.8. The number of rotatable bonds is 7. The number of anilines is 2. The smallest absolute Gasteiger partial charge is 0.389 e. The molecular weight excluding hydrogens is 483 g/mol. The number of H-pyrrole nitrogens is 1. The first-order chi connectivity index (χ1) is 17.0. The highest BCUT2D eigenvalue weighted by Gasteiger charge is 2.42. The average Bonchev–Trinajstić information content (AvgIpc) is 3.20. The predicted octanol–water partition coefficient (Wildman–Crippen LogP) is 0.945. The van der Waals surface area contributed by atoms with Gasteiger partial charge in [-0.25, -0.2) is 15.1 Å². The summed E-state index contributed by atoms with van der Waals surface area (Å²) in [4.78, 5) is 35.5. The van der Waals surface area contributed by atoms with Crippen LogP contribution in [-0.2, 0) is 15.7 Å². The minimum Gasteiger partial charge on any atom is -0.389 e. The third-order valence-electron chi connectivity index (χ3n) is 6.44. The maximum atomic E-state index is 13.0. The number of ether oxygens (including phenoxy) is 1. The number of amides is 1. The zero-order chi connectivity index (χ0) is 26.0. The summed E-state index contributed by atoms with van der Waals surface area (Å²) in [6, 6.07) is -0.621. The Hall–Kier alpha value is -3.26. The van der Waals surface area contributed by atoms with Crippen molar-refractivity contribution in [1.29, 1.82) is 0 Å². The van der Waals surface area contributed by atoms with Crippen LogP contribution in [0.4, 0.5) is 24.8 Å². The highest BCUT2D eigenvalue weighted by atomic mass is 19.4. The van der Waals surface area contributed by atoms with E-state index in [0.29, 0.717) is 37.2 Å². The second-order valence-corrected chi connectivity index (χ2v) is 9.06. The lowest BCUT2D eigenvalue weighted by Gasteiger charge is -2.40. The molecule has 2 aromatic rings. The van der Waals surface area contributed by atoms with Gasteiger partial charge >= 0.3 is 6.18 Å². The molecule has 2 aliphatic heterocycles. The Morgan fingerprint density at radius 3 is 2.61 bits per heavy atom. The molecule has 0 aliphatic carbocycles. The van der Waals surface area contributed by atoms with Gasteiger partial charge in [-0.3, -0.25) is 9.59 Å². The Morgan fingerprint density at radius 2 is 1.94 bits per heavy atom. The van der Waals surface area contributed by atoms with Crippen LogP contribution < -0.4 is 15.8 Å². The molecule has 2 fully saturated rings. The van der Waals surface area contributed by atoms with Gasteiger partial charge in [-0.15, -0.1) is 0 Å². The number of piperidine rings is 1. The normalized spacial score (nSPS) is 23.7. The van der Waals surface area contributed by atoms with E-state index in [1.165, 1.54) is 6.20 Å². The summed E-state index contributed by atoms with van der Waals surface area (Å²) in [6.45, 7) is 4.67. The number of β-amino-alcohol motifs (C(OH)–C–C–N with tert-alkyl or cyclic N) is 1. The van der Waals surface area contributed by atoms with Crippen LogP contribution in [0.3, 0.4) is 0 Å². The molecule has 196 valence electrons. The fraction of sp³-hybridized carbons (Fsp3) is 0.591. The number of carbonyl (C=O) groups is 1. The van der Waals surface area contributed by atoms with E-state index in [1.807, 2.05) is 6.92 Å². The van der Waals surface area contributed by atoms with Crippen molar-refractivity contribution < 1.29 is 27.8 Å². The number of carbonyl (C=O) groups excluding carboxylic acids is 1. The highest BCUT2D eigenvalue weighted by molar-refractivity contribution is 5.83. The van der Waals surface area contributed by atoms with Gasteiger partial charge in [0.25, 0.3) is 11.5 Å².